The lowest BCUT2D eigenvalue weighted by Crippen LogP contribution is -2.23. The van der Waals surface area contributed by atoms with E-state index in [4.69, 9.17) is 10.5 Å². The van der Waals surface area contributed by atoms with Crippen LogP contribution in [-0.2, 0) is 0 Å². The molecule has 1 unspecified atom stereocenters. The summed E-state index contributed by atoms with van der Waals surface area (Å²) in [4.78, 5) is 2.40. The predicted molar refractivity (Wildman–Crippen MR) is 83.2 cm³/mol. The topological polar surface area (TPSA) is 38.5 Å². The van der Waals surface area contributed by atoms with Crippen LogP contribution in [0.3, 0.4) is 0 Å². The predicted octanol–water partition coefficient (Wildman–Crippen LogP) is 3.62. The Morgan fingerprint density at radius 2 is 1.90 bits per heavy atom. The van der Waals surface area contributed by atoms with E-state index in [2.05, 4.69) is 41.3 Å². The van der Waals surface area contributed by atoms with Crippen molar-refractivity contribution in [3.05, 3.63) is 54.1 Å². The van der Waals surface area contributed by atoms with Crippen molar-refractivity contribution in [2.24, 2.45) is 0 Å². The zero-order chi connectivity index (χ0) is 13.9. The van der Waals surface area contributed by atoms with Crippen LogP contribution >= 0.6 is 0 Å². The monoisotopic (exact) mass is 268 g/mol. The minimum Gasteiger partial charge on any atom is -0.495 e. The van der Waals surface area contributed by atoms with Crippen LogP contribution in [0.15, 0.2) is 48.5 Å². The lowest BCUT2D eigenvalue weighted by molar-refractivity contribution is 0.417. The molecule has 0 amide bonds. The van der Waals surface area contributed by atoms with Crippen LogP contribution in [0.5, 0.6) is 5.75 Å². The summed E-state index contributed by atoms with van der Waals surface area (Å²) in [7, 11) is 1.66. The Morgan fingerprint density at radius 1 is 1.10 bits per heavy atom. The minimum atomic E-state index is 0.408. The first kappa shape index (κ1) is 12.9. The molecule has 2 N–H and O–H groups in total. The van der Waals surface area contributed by atoms with Crippen LogP contribution in [-0.4, -0.2) is 13.7 Å². The number of para-hydroxylation sites is 1. The van der Waals surface area contributed by atoms with Gasteiger partial charge in [0.25, 0.3) is 0 Å². The van der Waals surface area contributed by atoms with Gasteiger partial charge in [0.1, 0.15) is 5.75 Å². The third-order valence-corrected chi connectivity index (χ3v) is 4.01. The van der Waals surface area contributed by atoms with E-state index in [1.54, 1.807) is 7.11 Å². The summed E-state index contributed by atoms with van der Waals surface area (Å²) >= 11 is 0. The van der Waals surface area contributed by atoms with Crippen LogP contribution in [0.4, 0.5) is 11.4 Å². The maximum Gasteiger partial charge on any atom is 0.143 e. The SMILES string of the molecule is COc1cccc(N2CCCC2c2ccccc2)c1N. The Balaban J connectivity index is 1.97. The minimum absolute atomic E-state index is 0.408. The third kappa shape index (κ3) is 2.20. The van der Waals surface area contributed by atoms with Crippen molar-refractivity contribution >= 4 is 11.4 Å². The van der Waals surface area contributed by atoms with Crippen LogP contribution in [0, 0.1) is 0 Å². The van der Waals surface area contributed by atoms with E-state index in [0.29, 0.717) is 6.04 Å². The standard InChI is InChI=1S/C17H20N2O/c1-20-16-11-5-9-15(17(16)18)19-12-6-10-14(19)13-7-3-2-4-8-13/h2-5,7-9,11,14H,6,10,12,18H2,1H3. The molecule has 0 saturated carbocycles. The van der Waals surface area contributed by atoms with Gasteiger partial charge in [0.2, 0.25) is 0 Å². The number of methoxy groups -OCH3 is 1. The second kappa shape index (κ2) is 5.45. The second-order valence-corrected chi connectivity index (χ2v) is 5.16. The number of rotatable bonds is 3. The molecule has 0 bridgehead atoms. The first-order valence-corrected chi connectivity index (χ1v) is 7.05. The van der Waals surface area contributed by atoms with E-state index in [-0.39, 0.29) is 0 Å². The summed E-state index contributed by atoms with van der Waals surface area (Å²) < 4.78 is 5.33. The highest BCUT2D eigenvalue weighted by molar-refractivity contribution is 5.75. The van der Waals surface area contributed by atoms with Crippen molar-refractivity contribution < 1.29 is 4.74 Å². The molecule has 104 valence electrons. The number of nitrogen functional groups attached to an aromatic ring is 1. The number of hydrogen-bond acceptors (Lipinski definition) is 3. The summed E-state index contributed by atoms with van der Waals surface area (Å²) in [5, 5.41) is 0. The fourth-order valence-corrected chi connectivity index (χ4v) is 3.04. The molecule has 1 heterocycles. The summed E-state index contributed by atoms with van der Waals surface area (Å²) in [6.07, 6.45) is 2.36. The van der Waals surface area contributed by atoms with E-state index < -0.39 is 0 Å². The molecule has 20 heavy (non-hydrogen) atoms. The number of hydrogen-bond donors (Lipinski definition) is 1. The van der Waals surface area contributed by atoms with Crippen LogP contribution in [0.2, 0.25) is 0 Å². The highest BCUT2D eigenvalue weighted by Gasteiger charge is 2.27. The zero-order valence-corrected chi connectivity index (χ0v) is 11.8. The van der Waals surface area contributed by atoms with E-state index in [0.717, 1.165) is 23.7 Å². The molecule has 0 aliphatic carbocycles. The molecular formula is C17H20N2O. The van der Waals surface area contributed by atoms with Crippen molar-refractivity contribution in [3.63, 3.8) is 0 Å². The fraction of sp³-hybridized carbons (Fsp3) is 0.294. The molecule has 0 aromatic heterocycles. The first-order valence-electron chi connectivity index (χ1n) is 7.05. The van der Waals surface area contributed by atoms with Gasteiger partial charge in [-0.15, -0.1) is 0 Å². The Kier molecular flexibility index (Phi) is 3.50. The maximum atomic E-state index is 6.25. The first-order chi connectivity index (χ1) is 9.81. The van der Waals surface area contributed by atoms with Gasteiger partial charge >= 0.3 is 0 Å². The highest BCUT2D eigenvalue weighted by Crippen LogP contribution is 2.41. The highest BCUT2D eigenvalue weighted by atomic mass is 16.5. The number of nitrogens with two attached hydrogens (primary N) is 1. The van der Waals surface area contributed by atoms with E-state index in [1.807, 2.05) is 12.1 Å². The molecule has 2 aromatic carbocycles. The van der Waals surface area contributed by atoms with Crippen molar-refractivity contribution in [3.8, 4) is 5.75 Å². The third-order valence-electron chi connectivity index (χ3n) is 4.01. The van der Waals surface area contributed by atoms with Crippen molar-refractivity contribution in [1.29, 1.82) is 0 Å². The van der Waals surface area contributed by atoms with Gasteiger partial charge in [-0.05, 0) is 30.5 Å². The Hall–Kier alpha value is -2.16. The normalized spacial score (nSPS) is 18.2. The van der Waals surface area contributed by atoms with Gasteiger partial charge in [-0.2, -0.15) is 0 Å². The zero-order valence-electron chi connectivity index (χ0n) is 11.8. The molecule has 3 rings (SSSR count). The molecule has 3 heteroatoms. The van der Waals surface area contributed by atoms with Gasteiger partial charge in [-0.3, -0.25) is 0 Å². The van der Waals surface area contributed by atoms with Gasteiger partial charge in [0.15, 0.2) is 0 Å². The average molecular weight is 268 g/mol. The Morgan fingerprint density at radius 3 is 2.65 bits per heavy atom. The molecule has 0 spiro atoms. The van der Waals surface area contributed by atoms with Gasteiger partial charge < -0.3 is 15.4 Å². The molecule has 1 atom stereocenters. The molecular weight excluding hydrogens is 248 g/mol. The van der Waals surface area contributed by atoms with Gasteiger partial charge in [0, 0.05) is 6.54 Å². The van der Waals surface area contributed by atoms with Crippen LogP contribution in [0.25, 0.3) is 0 Å². The summed E-state index contributed by atoms with van der Waals surface area (Å²) in [6.45, 7) is 1.04. The second-order valence-electron chi connectivity index (χ2n) is 5.16. The molecule has 0 radical (unpaired) electrons. The lowest BCUT2D eigenvalue weighted by atomic mass is 10.0. The number of nitrogens with zero attached hydrogens (tertiary/aromatic N) is 1. The van der Waals surface area contributed by atoms with Crippen LogP contribution < -0.4 is 15.4 Å². The summed E-state index contributed by atoms with van der Waals surface area (Å²) in [5.41, 5.74) is 9.41. The molecule has 3 nitrogen and oxygen atoms in total. The lowest BCUT2D eigenvalue weighted by Gasteiger charge is -2.28. The van der Waals surface area contributed by atoms with Gasteiger partial charge in [0.05, 0.1) is 24.5 Å². The van der Waals surface area contributed by atoms with Gasteiger partial charge in [-0.1, -0.05) is 36.4 Å². The van der Waals surface area contributed by atoms with Crippen molar-refractivity contribution in [2.45, 2.75) is 18.9 Å². The van der Waals surface area contributed by atoms with Crippen molar-refractivity contribution in [1.82, 2.24) is 0 Å². The van der Waals surface area contributed by atoms with E-state index in [9.17, 15) is 0 Å². The van der Waals surface area contributed by atoms with Gasteiger partial charge in [-0.25, -0.2) is 0 Å². The smallest absolute Gasteiger partial charge is 0.143 e. The molecule has 1 aliphatic heterocycles. The van der Waals surface area contributed by atoms with Crippen LogP contribution in [0.1, 0.15) is 24.4 Å². The molecule has 1 fully saturated rings. The van der Waals surface area contributed by atoms with E-state index in [1.165, 1.54) is 18.4 Å². The fourth-order valence-electron chi connectivity index (χ4n) is 3.04. The average Bonchev–Trinajstić information content (AvgIpc) is 2.97. The number of benzene rings is 2. The molecule has 1 aliphatic rings. The summed E-state index contributed by atoms with van der Waals surface area (Å²) in [6, 6.07) is 17.0. The Bertz CT molecular complexity index is 583. The largest absolute Gasteiger partial charge is 0.495 e. The van der Waals surface area contributed by atoms with Crippen molar-refractivity contribution in [2.75, 3.05) is 24.3 Å². The Labute approximate surface area is 120 Å². The number of anilines is 2. The molecule has 2 aromatic rings. The quantitative estimate of drug-likeness (QED) is 0.864. The summed E-state index contributed by atoms with van der Waals surface area (Å²) in [5.74, 6) is 0.751. The van der Waals surface area contributed by atoms with E-state index >= 15 is 0 Å². The maximum absolute atomic E-state index is 6.25. The number of ether oxygens (including phenoxy) is 1. The molecule has 1 saturated heterocycles.